The Bertz CT molecular complexity index is 1510. The molecule has 0 heterocycles. The molecule has 6 aliphatic rings. The topological polar surface area (TPSA) is 0 Å². The fraction of sp³-hybridized carbons (Fsp3) is 0.489. The molecule has 1 unspecified atom stereocenters. The van der Waals surface area contributed by atoms with Crippen molar-refractivity contribution >= 4 is 3.71 Å². The van der Waals surface area contributed by atoms with E-state index in [2.05, 4.69) is 137 Å². The fourth-order valence-corrected chi connectivity index (χ4v) is 9.89. The number of rotatable bonds is 3. The van der Waals surface area contributed by atoms with Gasteiger partial charge in [-0.05, 0) is 79.1 Å². The molecule has 0 nitrogen and oxygen atoms in total. The van der Waals surface area contributed by atoms with Gasteiger partial charge in [0.25, 0.3) is 0 Å². The Kier molecular flexibility index (Phi) is 12.6. The molecule has 3 heteroatoms. The SMILES string of the molecule is CC(C)(C)c1c[c-]c2c(c1)-c1cc(C(C)(C)C)ccc1C2.CC1(C23CC4CC(CC(C4)C2)C3)C=[C-]C=C1.[Cl-].[Cl-].[Zr+2]=[CH]Cc1ccccc1. The molecule has 6 aliphatic carbocycles. The Morgan fingerprint density at radius 2 is 1.38 bits per heavy atom. The second-order valence-corrected chi connectivity index (χ2v) is 18.4. The maximum absolute atomic E-state index is 3.53. The molecular weight excluding hydrogens is 703 g/mol. The van der Waals surface area contributed by atoms with Crippen molar-refractivity contribution in [1.29, 1.82) is 0 Å². The summed E-state index contributed by atoms with van der Waals surface area (Å²) in [6, 6.07) is 25.6. The van der Waals surface area contributed by atoms with Crippen molar-refractivity contribution in [3.8, 4) is 11.1 Å². The van der Waals surface area contributed by atoms with Gasteiger partial charge in [0.2, 0.25) is 0 Å². The molecule has 3 aromatic rings. The Morgan fingerprint density at radius 1 is 0.792 bits per heavy atom. The van der Waals surface area contributed by atoms with E-state index in [4.69, 9.17) is 0 Å². The van der Waals surface area contributed by atoms with E-state index >= 15 is 0 Å². The van der Waals surface area contributed by atoms with Crippen LogP contribution in [0.2, 0.25) is 0 Å². The van der Waals surface area contributed by atoms with Crippen LogP contribution in [0.5, 0.6) is 0 Å². The summed E-state index contributed by atoms with van der Waals surface area (Å²) in [5.41, 5.74) is 11.1. The van der Waals surface area contributed by atoms with Crippen molar-refractivity contribution in [2.75, 3.05) is 0 Å². The van der Waals surface area contributed by atoms with Crippen LogP contribution in [0.4, 0.5) is 0 Å². The average Bonchev–Trinajstić information content (AvgIpc) is 3.61. The average molecular weight is 757 g/mol. The zero-order valence-corrected chi connectivity index (χ0v) is 34.2. The summed E-state index contributed by atoms with van der Waals surface area (Å²) in [6.07, 6.45) is 21.6. The third kappa shape index (κ3) is 8.33. The summed E-state index contributed by atoms with van der Waals surface area (Å²) >= 11 is 1.51. The molecule has 0 N–H and O–H groups in total. The van der Waals surface area contributed by atoms with E-state index in [0.717, 1.165) is 30.6 Å². The quantitative estimate of drug-likeness (QED) is 0.247. The van der Waals surface area contributed by atoms with Gasteiger partial charge in [0.1, 0.15) is 0 Å². The van der Waals surface area contributed by atoms with Crippen molar-refractivity contribution in [2.24, 2.45) is 28.6 Å². The zero-order valence-electron chi connectivity index (χ0n) is 30.2. The fourth-order valence-electron chi connectivity index (χ4n) is 9.31. The van der Waals surface area contributed by atoms with E-state index in [-0.39, 0.29) is 35.6 Å². The Labute approximate surface area is 319 Å². The summed E-state index contributed by atoms with van der Waals surface area (Å²) in [7, 11) is 0. The molecule has 4 saturated carbocycles. The first-order valence-corrected chi connectivity index (χ1v) is 19.2. The van der Waals surface area contributed by atoms with Gasteiger partial charge >= 0.3 is 70.3 Å². The zero-order chi connectivity index (χ0) is 32.7. The monoisotopic (exact) mass is 754 g/mol. The molecular formula is C45H54Cl2Zr-2. The van der Waals surface area contributed by atoms with Gasteiger partial charge in [-0.1, -0.05) is 88.6 Å². The Balaban J connectivity index is 0.000000171. The van der Waals surface area contributed by atoms with Gasteiger partial charge in [0, 0.05) is 0 Å². The number of benzene rings is 3. The minimum atomic E-state index is 0. The van der Waals surface area contributed by atoms with Gasteiger partial charge in [-0.2, -0.15) is 35.4 Å². The van der Waals surface area contributed by atoms with Crippen LogP contribution in [0, 0.1) is 40.7 Å². The Hall–Kier alpha value is -1.53. The molecule has 0 radical (unpaired) electrons. The molecule has 0 aliphatic heterocycles. The van der Waals surface area contributed by atoms with Gasteiger partial charge in [-0.25, -0.2) is 12.2 Å². The second-order valence-electron chi connectivity index (χ2n) is 17.3. The molecule has 0 amide bonds. The van der Waals surface area contributed by atoms with Gasteiger partial charge in [0.05, 0.1) is 0 Å². The van der Waals surface area contributed by atoms with Gasteiger partial charge in [0.15, 0.2) is 0 Å². The molecule has 1 atom stereocenters. The van der Waals surface area contributed by atoms with Crippen LogP contribution in [-0.2, 0) is 47.9 Å². The molecule has 0 spiro atoms. The first-order chi connectivity index (χ1) is 21.8. The summed E-state index contributed by atoms with van der Waals surface area (Å²) in [5, 5.41) is 0. The summed E-state index contributed by atoms with van der Waals surface area (Å²) < 4.78 is 2.25. The van der Waals surface area contributed by atoms with E-state index in [0.29, 0.717) is 10.8 Å². The van der Waals surface area contributed by atoms with E-state index < -0.39 is 0 Å². The van der Waals surface area contributed by atoms with Gasteiger partial charge in [-0.3, -0.25) is 6.08 Å². The first kappa shape index (κ1) is 39.3. The standard InChI is InChI=1S/C21H25.C16H21.C8H8.2ClH.Zr/c1-20(2,3)16-9-7-14-11-15-8-10-17(21(4,5)6)13-19(15)18(14)12-16;1-15(4-2-3-5-15)16-9-12-6-13(10-16)8-14(7-12)11-16;1-2-8-6-4-3-5-7-8;;;/h7,9-10,12-13H,11H2,1-6H3;2,4-5,12-14H,6-11H2,1H3;1,3-7H,2H2;2*1H;/q2*-1;;;;+2/p-2. The number of fused-ring (bicyclic) bond motifs is 3. The van der Waals surface area contributed by atoms with Crippen LogP contribution in [0.3, 0.4) is 0 Å². The van der Waals surface area contributed by atoms with Crippen molar-refractivity contribution < 1.29 is 49.0 Å². The molecule has 4 bridgehead atoms. The minimum absolute atomic E-state index is 0. The van der Waals surface area contributed by atoms with Crippen LogP contribution < -0.4 is 24.8 Å². The number of hydrogen-bond donors (Lipinski definition) is 0. The molecule has 9 rings (SSSR count). The third-order valence-electron chi connectivity index (χ3n) is 11.8. The number of allylic oxidation sites excluding steroid dienone is 4. The van der Waals surface area contributed by atoms with Crippen LogP contribution in [0.1, 0.15) is 115 Å². The Morgan fingerprint density at radius 3 is 1.90 bits per heavy atom. The van der Waals surface area contributed by atoms with Gasteiger partial charge in [-0.15, -0.1) is 5.56 Å². The van der Waals surface area contributed by atoms with E-state index in [1.54, 1.807) is 19.3 Å². The molecule has 0 aromatic heterocycles. The second kappa shape index (κ2) is 15.4. The van der Waals surface area contributed by atoms with Crippen molar-refractivity contribution in [1.82, 2.24) is 0 Å². The third-order valence-corrected chi connectivity index (χ3v) is 12.3. The van der Waals surface area contributed by atoms with Crippen LogP contribution in [-0.4, -0.2) is 3.71 Å². The van der Waals surface area contributed by atoms with Gasteiger partial charge < -0.3 is 24.8 Å². The van der Waals surface area contributed by atoms with Crippen molar-refractivity contribution in [3.63, 3.8) is 0 Å². The summed E-state index contributed by atoms with van der Waals surface area (Å²) in [5.74, 6) is 3.18. The molecule has 254 valence electrons. The first-order valence-electron chi connectivity index (χ1n) is 17.8. The van der Waals surface area contributed by atoms with E-state index in [1.165, 1.54) is 82.4 Å². The molecule has 48 heavy (non-hydrogen) atoms. The molecule has 3 aromatic carbocycles. The summed E-state index contributed by atoms with van der Waals surface area (Å²) in [4.78, 5) is 0. The number of halogens is 2. The maximum atomic E-state index is 3.53. The van der Waals surface area contributed by atoms with Crippen LogP contribution in [0.15, 0.2) is 78.9 Å². The van der Waals surface area contributed by atoms with Crippen molar-refractivity contribution in [2.45, 2.75) is 111 Å². The van der Waals surface area contributed by atoms with E-state index in [1.807, 2.05) is 6.07 Å². The predicted octanol–water partition coefficient (Wildman–Crippen LogP) is 5.38. The van der Waals surface area contributed by atoms with Crippen molar-refractivity contribution in [3.05, 3.63) is 119 Å². The summed E-state index contributed by atoms with van der Waals surface area (Å²) in [6.45, 7) is 16.1. The van der Waals surface area contributed by atoms with Crippen LogP contribution in [0.25, 0.3) is 11.1 Å². The number of hydrogen-bond acceptors (Lipinski definition) is 0. The molecule has 0 saturated heterocycles. The van der Waals surface area contributed by atoms with Crippen LogP contribution >= 0.6 is 0 Å². The predicted molar refractivity (Wildman–Crippen MR) is 193 cm³/mol. The normalized spacial score (nSPS) is 27.0. The van der Waals surface area contributed by atoms with E-state index in [9.17, 15) is 0 Å². The molecule has 4 fully saturated rings.